The summed E-state index contributed by atoms with van der Waals surface area (Å²) in [6.45, 7) is 3.22. The van der Waals surface area contributed by atoms with Gasteiger partial charge in [-0.15, -0.1) is 0 Å². The fourth-order valence-electron chi connectivity index (χ4n) is 3.90. The third-order valence-corrected chi connectivity index (χ3v) is 6.68. The van der Waals surface area contributed by atoms with E-state index in [9.17, 15) is 27.6 Å². The molecule has 2 amide bonds. The monoisotopic (exact) mass is 673 g/mol. The van der Waals surface area contributed by atoms with Gasteiger partial charge in [-0.05, 0) is 77.7 Å². The van der Waals surface area contributed by atoms with E-state index in [-0.39, 0.29) is 30.9 Å². The molecule has 1 aliphatic rings. The number of anilines is 1. The highest BCUT2D eigenvalue weighted by Crippen LogP contribution is 2.30. The van der Waals surface area contributed by atoms with Crippen LogP contribution in [0.15, 0.2) is 46.9 Å². The number of carboxylic acids is 2. The van der Waals surface area contributed by atoms with Crippen LogP contribution in [0.2, 0.25) is 0 Å². The standard InChI is InChI=1S/C25H30BrN5O5.C2HF3O2/c1-15(29-22(32)13-23(33)30-18-5-2-16(3-6-18)25(27)28)17-4-7-21(20(26)12-17)36-19-8-10-31(11-9-19)14-24(34)35;3-2(4,5)1(6)7/h2-7,12,15,19H,8-11,13-14H2,1H3,(H3,27,28)(H,29,32)(H,30,33)(H,34,35);(H,6,7). The fraction of sp³-hybridized carbons (Fsp3) is 0.370. The molecule has 7 N–H and O–H groups in total. The van der Waals surface area contributed by atoms with Gasteiger partial charge in [0.05, 0.1) is 17.1 Å². The Morgan fingerprint density at radius 2 is 1.67 bits per heavy atom. The first kappa shape index (κ1) is 35.0. The molecule has 1 unspecified atom stereocenters. The van der Waals surface area contributed by atoms with Gasteiger partial charge in [0.1, 0.15) is 24.1 Å². The molecule has 43 heavy (non-hydrogen) atoms. The maximum Gasteiger partial charge on any atom is 0.490 e. The molecule has 1 fully saturated rings. The molecule has 0 spiro atoms. The first-order valence-electron chi connectivity index (χ1n) is 12.8. The summed E-state index contributed by atoms with van der Waals surface area (Å²) in [5.74, 6) is -3.82. The van der Waals surface area contributed by atoms with Crippen molar-refractivity contribution in [2.45, 2.75) is 44.5 Å². The van der Waals surface area contributed by atoms with Crippen LogP contribution in [0.25, 0.3) is 0 Å². The maximum atomic E-state index is 12.4. The molecular formula is C27H31BrF3N5O7. The average Bonchev–Trinajstić information content (AvgIpc) is 2.90. The number of nitrogen functional groups attached to an aromatic ring is 1. The van der Waals surface area contributed by atoms with E-state index in [1.54, 1.807) is 24.3 Å². The first-order valence-corrected chi connectivity index (χ1v) is 13.6. The molecule has 3 rings (SSSR count). The summed E-state index contributed by atoms with van der Waals surface area (Å²) >= 11 is 3.53. The highest BCUT2D eigenvalue weighted by molar-refractivity contribution is 9.10. The number of carbonyl (C=O) groups is 4. The Morgan fingerprint density at radius 3 is 2.16 bits per heavy atom. The van der Waals surface area contributed by atoms with Crippen molar-refractivity contribution in [1.29, 1.82) is 5.41 Å². The summed E-state index contributed by atoms with van der Waals surface area (Å²) in [6, 6.07) is 11.7. The maximum absolute atomic E-state index is 12.4. The topological polar surface area (TPSA) is 195 Å². The van der Waals surface area contributed by atoms with E-state index in [2.05, 4.69) is 26.6 Å². The molecule has 2 aromatic rings. The number of aliphatic carboxylic acids is 2. The minimum absolute atomic E-state index is 0.00602. The zero-order chi connectivity index (χ0) is 32.3. The molecule has 1 aliphatic heterocycles. The lowest BCUT2D eigenvalue weighted by molar-refractivity contribution is -0.192. The molecule has 2 aromatic carbocycles. The van der Waals surface area contributed by atoms with Crippen molar-refractivity contribution in [1.82, 2.24) is 10.2 Å². The summed E-state index contributed by atoms with van der Waals surface area (Å²) in [5.41, 5.74) is 7.32. The lowest BCUT2D eigenvalue weighted by atomic mass is 10.1. The van der Waals surface area contributed by atoms with Crippen LogP contribution in [-0.2, 0) is 19.2 Å². The summed E-state index contributed by atoms with van der Waals surface area (Å²) < 4.78 is 38.6. The van der Waals surface area contributed by atoms with E-state index in [0.29, 0.717) is 30.1 Å². The highest BCUT2D eigenvalue weighted by atomic mass is 79.9. The van der Waals surface area contributed by atoms with Gasteiger partial charge < -0.3 is 31.3 Å². The number of carboxylic acid groups (broad SMARTS) is 2. The Kier molecular flexibility index (Phi) is 12.9. The Bertz CT molecular complexity index is 1320. The molecule has 0 aliphatic carbocycles. The van der Waals surface area contributed by atoms with E-state index < -0.39 is 29.9 Å². The average molecular weight is 674 g/mol. The number of ether oxygens (including phenoxy) is 1. The zero-order valence-electron chi connectivity index (χ0n) is 22.9. The van der Waals surface area contributed by atoms with Crippen molar-refractivity contribution < 1.29 is 47.3 Å². The molecule has 0 saturated carbocycles. The number of amidine groups is 1. The van der Waals surface area contributed by atoms with Crippen LogP contribution in [-0.4, -0.2) is 76.6 Å². The summed E-state index contributed by atoms with van der Waals surface area (Å²) in [4.78, 5) is 46.3. The number of rotatable bonds is 10. The van der Waals surface area contributed by atoms with E-state index in [1.165, 1.54) is 0 Å². The van der Waals surface area contributed by atoms with Crippen LogP contribution in [0.4, 0.5) is 18.9 Å². The number of nitrogens with two attached hydrogens (primary N) is 1. The predicted octanol–water partition coefficient (Wildman–Crippen LogP) is 3.50. The second kappa shape index (κ2) is 15.9. The van der Waals surface area contributed by atoms with Crippen molar-refractivity contribution in [3.8, 4) is 5.75 Å². The molecule has 234 valence electrons. The van der Waals surface area contributed by atoms with Gasteiger partial charge in [0.25, 0.3) is 0 Å². The smallest absolute Gasteiger partial charge is 0.489 e. The van der Waals surface area contributed by atoms with Crippen LogP contribution in [0.1, 0.15) is 43.4 Å². The molecule has 16 heteroatoms. The molecule has 1 saturated heterocycles. The number of nitrogens with zero attached hydrogens (tertiary/aromatic N) is 1. The van der Waals surface area contributed by atoms with Gasteiger partial charge >= 0.3 is 18.1 Å². The van der Waals surface area contributed by atoms with E-state index >= 15 is 0 Å². The second-order valence-corrected chi connectivity index (χ2v) is 10.3. The summed E-state index contributed by atoms with van der Waals surface area (Å²) in [7, 11) is 0. The van der Waals surface area contributed by atoms with Crippen molar-refractivity contribution in [2.75, 3.05) is 25.0 Å². The molecule has 0 bridgehead atoms. The van der Waals surface area contributed by atoms with Gasteiger partial charge in [0, 0.05) is 24.3 Å². The number of piperidine rings is 1. The number of amides is 2. The normalized spacial score (nSPS) is 14.4. The zero-order valence-corrected chi connectivity index (χ0v) is 24.5. The van der Waals surface area contributed by atoms with Crippen molar-refractivity contribution >= 4 is 51.2 Å². The van der Waals surface area contributed by atoms with Crippen LogP contribution < -0.4 is 21.1 Å². The molecular weight excluding hydrogens is 643 g/mol. The quantitative estimate of drug-likeness (QED) is 0.124. The highest BCUT2D eigenvalue weighted by Gasteiger charge is 2.38. The van der Waals surface area contributed by atoms with Crippen molar-refractivity contribution in [3.05, 3.63) is 58.1 Å². The van der Waals surface area contributed by atoms with Gasteiger partial charge in [-0.25, -0.2) is 4.79 Å². The number of halogens is 4. The first-order chi connectivity index (χ1) is 20.0. The predicted molar refractivity (Wildman–Crippen MR) is 153 cm³/mol. The number of hydrogen-bond donors (Lipinski definition) is 6. The van der Waals surface area contributed by atoms with Gasteiger partial charge in [-0.3, -0.25) is 24.7 Å². The Labute approximate surface area is 253 Å². The molecule has 0 radical (unpaired) electrons. The van der Waals surface area contributed by atoms with Crippen LogP contribution >= 0.6 is 15.9 Å². The summed E-state index contributed by atoms with van der Waals surface area (Å²) in [6.07, 6.45) is -3.92. The number of carbonyl (C=O) groups excluding carboxylic acids is 2. The molecule has 1 heterocycles. The second-order valence-electron chi connectivity index (χ2n) is 9.49. The van der Waals surface area contributed by atoms with E-state index in [4.69, 9.17) is 30.9 Å². The largest absolute Gasteiger partial charge is 0.490 e. The summed E-state index contributed by atoms with van der Waals surface area (Å²) in [5, 5.41) is 28.9. The van der Waals surface area contributed by atoms with E-state index in [1.807, 2.05) is 30.0 Å². The van der Waals surface area contributed by atoms with Gasteiger partial charge in [-0.2, -0.15) is 13.2 Å². The van der Waals surface area contributed by atoms with Crippen molar-refractivity contribution in [3.63, 3.8) is 0 Å². The molecule has 1 atom stereocenters. The minimum Gasteiger partial charge on any atom is -0.489 e. The van der Waals surface area contributed by atoms with E-state index in [0.717, 1.165) is 22.9 Å². The van der Waals surface area contributed by atoms with Gasteiger partial charge in [0.15, 0.2) is 0 Å². The van der Waals surface area contributed by atoms with Gasteiger partial charge in [0.2, 0.25) is 11.8 Å². The number of alkyl halides is 3. The fourth-order valence-corrected chi connectivity index (χ4v) is 4.39. The lowest BCUT2D eigenvalue weighted by Crippen LogP contribution is -2.40. The minimum atomic E-state index is -5.08. The number of benzene rings is 2. The van der Waals surface area contributed by atoms with Crippen LogP contribution in [0, 0.1) is 5.41 Å². The van der Waals surface area contributed by atoms with Gasteiger partial charge in [-0.1, -0.05) is 6.07 Å². The SMILES string of the molecule is CC(NC(=O)CC(=O)Nc1ccc(C(=N)N)cc1)c1ccc(OC2CCN(CC(=O)O)CC2)c(Br)c1.O=C(O)C(F)(F)F. The van der Waals surface area contributed by atoms with Crippen LogP contribution in [0.5, 0.6) is 5.75 Å². The number of hydrogen-bond acceptors (Lipinski definition) is 7. The third kappa shape index (κ3) is 12.3. The van der Waals surface area contributed by atoms with Crippen LogP contribution in [0.3, 0.4) is 0 Å². The Hall–Kier alpha value is -4.18. The Balaban J connectivity index is 0.000000821. The van der Waals surface area contributed by atoms with Crippen molar-refractivity contribution in [2.24, 2.45) is 5.73 Å². The third-order valence-electron chi connectivity index (χ3n) is 6.06. The molecule has 12 nitrogen and oxygen atoms in total. The number of likely N-dealkylation sites (tertiary alicyclic amines) is 1. The number of nitrogens with one attached hydrogen (secondary N) is 3. The molecule has 0 aromatic heterocycles. The Morgan fingerprint density at radius 1 is 1.09 bits per heavy atom. The lowest BCUT2D eigenvalue weighted by Gasteiger charge is -2.31.